The smallest absolute Gasteiger partial charge is 0.221 e. The van der Waals surface area contributed by atoms with Gasteiger partial charge in [0.1, 0.15) is 0 Å². The molecule has 0 aliphatic carbocycles. The van der Waals surface area contributed by atoms with E-state index in [4.69, 9.17) is 4.74 Å². The lowest BCUT2D eigenvalue weighted by atomic mass is 10.0. The number of carbonyl (C=O) groups excluding carboxylic acids is 1. The molecule has 0 aromatic heterocycles. The van der Waals surface area contributed by atoms with Crippen LogP contribution in [0.15, 0.2) is 0 Å². The van der Waals surface area contributed by atoms with Crippen molar-refractivity contribution in [2.45, 2.75) is 37.8 Å². The fourth-order valence-corrected chi connectivity index (χ4v) is 2.61. The van der Waals surface area contributed by atoms with Gasteiger partial charge in [-0.05, 0) is 26.4 Å². The van der Waals surface area contributed by atoms with E-state index < -0.39 is 0 Å². The number of hydrogen-bond donors (Lipinski definition) is 2. The van der Waals surface area contributed by atoms with E-state index in [2.05, 4.69) is 22.6 Å². The second-order valence-electron chi connectivity index (χ2n) is 5.41. The summed E-state index contributed by atoms with van der Waals surface area (Å²) in [4.78, 5) is 14.1. The summed E-state index contributed by atoms with van der Waals surface area (Å²) >= 11 is 0. The number of hydrogen-bond acceptors (Lipinski definition) is 4. The first-order valence-corrected chi connectivity index (χ1v) is 7.04. The van der Waals surface area contributed by atoms with Gasteiger partial charge in [0, 0.05) is 32.1 Å². The lowest BCUT2D eigenvalue weighted by Gasteiger charge is -2.30. The SMILES string of the molecule is CN1CCOC(CNC(=O)CC2CCCCN2)C1. The van der Waals surface area contributed by atoms with E-state index in [-0.39, 0.29) is 12.0 Å². The van der Waals surface area contributed by atoms with Crippen molar-refractivity contribution in [2.75, 3.05) is 39.8 Å². The summed E-state index contributed by atoms with van der Waals surface area (Å²) in [5.41, 5.74) is 0. The summed E-state index contributed by atoms with van der Waals surface area (Å²) in [6.07, 6.45) is 4.34. The standard InChI is InChI=1S/C13H25N3O2/c1-16-6-7-18-12(10-16)9-15-13(17)8-11-4-2-3-5-14-11/h11-12,14H,2-10H2,1H3,(H,15,17). The van der Waals surface area contributed by atoms with Crippen LogP contribution in [0.4, 0.5) is 0 Å². The highest BCUT2D eigenvalue weighted by molar-refractivity contribution is 5.76. The molecule has 2 saturated heterocycles. The van der Waals surface area contributed by atoms with Gasteiger partial charge in [0.2, 0.25) is 5.91 Å². The summed E-state index contributed by atoms with van der Waals surface area (Å²) in [5.74, 6) is 0.145. The lowest BCUT2D eigenvalue weighted by molar-refractivity contribution is -0.122. The van der Waals surface area contributed by atoms with Crippen molar-refractivity contribution < 1.29 is 9.53 Å². The van der Waals surface area contributed by atoms with Crippen molar-refractivity contribution >= 4 is 5.91 Å². The maximum Gasteiger partial charge on any atom is 0.221 e. The Kier molecular flexibility index (Phi) is 5.41. The zero-order chi connectivity index (χ0) is 12.8. The van der Waals surface area contributed by atoms with Crippen LogP contribution in [0.25, 0.3) is 0 Å². The number of nitrogens with one attached hydrogen (secondary N) is 2. The predicted octanol–water partition coefficient (Wildman–Crippen LogP) is -0.0346. The summed E-state index contributed by atoms with van der Waals surface area (Å²) in [6, 6.07) is 0.369. The van der Waals surface area contributed by atoms with Gasteiger partial charge in [-0.1, -0.05) is 6.42 Å². The molecule has 0 radical (unpaired) electrons. The van der Waals surface area contributed by atoms with Crippen molar-refractivity contribution in [1.29, 1.82) is 0 Å². The number of morpholine rings is 1. The zero-order valence-electron chi connectivity index (χ0n) is 11.3. The fraction of sp³-hybridized carbons (Fsp3) is 0.923. The van der Waals surface area contributed by atoms with Gasteiger partial charge in [-0.25, -0.2) is 0 Å². The Labute approximate surface area is 109 Å². The summed E-state index contributed by atoms with van der Waals surface area (Å²) in [6.45, 7) is 4.34. The van der Waals surface area contributed by atoms with Gasteiger partial charge in [-0.3, -0.25) is 4.79 Å². The molecular formula is C13H25N3O2. The van der Waals surface area contributed by atoms with Crippen LogP contribution in [0.2, 0.25) is 0 Å². The number of rotatable bonds is 4. The van der Waals surface area contributed by atoms with E-state index >= 15 is 0 Å². The van der Waals surface area contributed by atoms with Crippen molar-refractivity contribution in [3.8, 4) is 0 Å². The summed E-state index contributed by atoms with van der Waals surface area (Å²) in [5, 5.41) is 6.38. The minimum atomic E-state index is 0.145. The van der Waals surface area contributed by atoms with Gasteiger partial charge < -0.3 is 20.3 Å². The number of piperidine rings is 1. The summed E-state index contributed by atoms with van der Waals surface area (Å²) < 4.78 is 5.62. The number of amides is 1. The van der Waals surface area contributed by atoms with Gasteiger partial charge >= 0.3 is 0 Å². The molecule has 0 aromatic rings. The highest BCUT2D eigenvalue weighted by atomic mass is 16.5. The van der Waals surface area contributed by atoms with Crippen LogP contribution < -0.4 is 10.6 Å². The molecule has 1 amide bonds. The molecule has 2 atom stereocenters. The third-order valence-electron chi connectivity index (χ3n) is 3.71. The van der Waals surface area contributed by atoms with Crippen LogP contribution in [0, 0.1) is 0 Å². The zero-order valence-corrected chi connectivity index (χ0v) is 11.3. The van der Waals surface area contributed by atoms with E-state index in [9.17, 15) is 4.79 Å². The van der Waals surface area contributed by atoms with Crippen molar-refractivity contribution in [3.05, 3.63) is 0 Å². The van der Waals surface area contributed by atoms with Gasteiger partial charge in [0.25, 0.3) is 0 Å². The molecule has 5 nitrogen and oxygen atoms in total. The van der Waals surface area contributed by atoms with Crippen LogP contribution in [-0.2, 0) is 9.53 Å². The van der Waals surface area contributed by atoms with E-state index in [0.29, 0.717) is 19.0 Å². The Morgan fingerprint density at radius 1 is 1.50 bits per heavy atom. The van der Waals surface area contributed by atoms with Crippen LogP contribution >= 0.6 is 0 Å². The number of nitrogens with zero attached hydrogens (tertiary/aromatic N) is 1. The highest BCUT2D eigenvalue weighted by Gasteiger charge is 2.20. The average Bonchev–Trinajstić information content (AvgIpc) is 2.38. The van der Waals surface area contributed by atoms with Crippen molar-refractivity contribution in [3.63, 3.8) is 0 Å². The molecule has 2 aliphatic rings. The third-order valence-corrected chi connectivity index (χ3v) is 3.71. The number of likely N-dealkylation sites (N-methyl/N-ethyl adjacent to an activating group) is 1. The van der Waals surface area contributed by atoms with Gasteiger partial charge in [0.05, 0.1) is 12.7 Å². The Hall–Kier alpha value is -0.650. The predicted molar refractivity (Wildman–Crippen MR) is 70.5 cm³/mol. The molecule has 2 aliphatic heterocycles. The summed E-state index contributed by atoms with van der Waals surface area (Å²) in [7, 11) is 2.09. The topological polar surface area (TPSA) is 53.6 Å². The first-order chi connectivity index (χ1) is 8.74. The first kappa shape index (κ1) is 13.8. The molecule has 2 fully saturated rings. The Morgan fingerprint density at radius 2 is 2.39 bits per heavy atom. The Morgan fingerprint density at radius 3 is 3.11 bits per heavy atom. The van der Waals surface area contributed by atoms with Gasteiger partial charge in [-0.2, -0.15) is 0 Å². The van der Waals surface area contributed by atoms with E-state index in [0.717, 1.165) is 32.7 Å². The third kappa shape index (κ3) is 4.55. The van der Waals surface area contributed by atoms with E-state index in [1.165, 1.54) is 12.8 Å². The Bertz CT molecular complexity index is 267. The normalized spacial score (nSPS) is 30.1. The molecule has 2 N–H and O–H groups in total. The second-order valence-corrected chi connectivity index (χ2v) is 5.41. The quantitative estimate of drug-likeness (QED) is 0.740. The molecule has 2 rings (SSSR count). The molecule has 18 heavy (non-hydrogen) atoms. The minimum absolute atomic E-state index is 0.145. The molecule has 0 aromatic carbocycles. The van der Waals surface area contributed by atoms with Crippen molar-refractivity contribution in [2.24, 2.45) is 0 Å². The number of ether oxygens (including phenoxy) is 1. The Balaban J connectivity index is 1.61. The van der Waals surface area contributed by atoms with Crippen LogP contribution in [0.1, 0.15) is 25.7 Å². The van der Waals surface area contributed by atoms with Crippen LogP contribution in [0.5, 0.6) is 0 Å². The monoisotopic (exact) mass is 255 g/mol. The fourth-order valence-electron chi connectivity index (χ4n) is 2.61. The second kappa shape index (κ2) is 7.07. The largest absolute Gasteiger partial charge is 0.374 e. The highest BCUT2D eigenvalue weighted by Crippen LogP contribution is 2.09. The van der Waals surface area contributed by atoms with E-state index in [1.807, 2.05) is 0 Å². The molecule has 0 bridgehead atoms. The van der Waals surface area contributed by atoms with Gasteiger partial charge in [0.15, 0.2) is 0 Å². The molecular weight excluding hydrogens is 230 g/mol. The molecule has 0 spiro atoms. The maximum atomic E-state index is 11.8. The molecule has 0 saturated carbocycles. The molecule has 5 heteroatoms. The van der Waals surface area contributed by atoms with Gasteiger partial charge in [-0.15, -0.1) is 0 Å². The average molecular weight is 255 g/mol. The van der Waals surface area contributed by atoms with Crippen molar-refractivity contribution in [1.82, 2.24) is 15.5 Å². The molecule has 2 heterocycles. The lowest BCUT2D eigenvalue weighted by Crippen LogP contribution is -2.47. The molecule has 104 valence electrons. The number of carbonyl (C=O) groups is 1. The first-order valence-electron chi connectivity index (χ1n) is 7.04. The van der Waals surface area contributed by atoms with Crippen LogP contribution in [-0.4, -0.2) is 62.8 Å². The maximum absolute atomic E-state index is 11.8. The minimum Gasteiger partial charge on any atom is -0.374 e. The van der Waals surface area contributed by atoms with E-state index in [1.54, 1.807) is 0 Å². The molecule has 2 unspecified atom stereocenters. The van der Waals surface area contributed by atoms with Crippen LogP contribution in [0.3, 0.4) is 0 Å².